The van der Waals surface area contributed by atoms with Crippen LogP contribution in [0, 0.1) is 13.8 Å². The number of aromatic hydroxyl groups is 1. The number of benzene rings is 2. The van der Waals surface area contributed by atoms with Gasteiger partial charge in [-0.05, 0) is 49.2 Å². The predicted molar refractivity (Wildman–Crippen MR) is 109 cm³/mol. The maximum absolute atomic E-state index is 12.9. The van der Waals surface area contributed by atoms with Crippen LogP contribution in [-0.4, -0.2) is 16.0 Å². The zero-order chi connectivity index (χ0) is 19.7. The Kier molecular flexibility index (Phi) is 4.67. The fraction of sp³-hybridized carbons (Fsp3) is 0.0952. The molecule has 0 radical (unpaired) electrons. The molecule has 0 saturated carbocycles. The minimum atomic E-state index is -0.363. The third kappa shape index (κ3) is 3.52. The van der Waals surface area contributed by atoms with Gasteiger partial charge in [0.1, 0.15) is 16.9 Å². The summed E-state index contributed by atoms with van der Waals surface area (Å²) >= 11 is 1.33. The van der Waals surface area contributed by atoms with Gasteiger partial charge in [-0.1, -0.05) is 12.1 Å². The molecule has 0 aliphatic carbocycles. The number of nitrogens with one attached hydrogen (secondary N) is 1. The van der Waals surface area contributed by atoms with Crippen molar-refractivity contribution in [3.8, 4) is 5.75 Å². The Morgan fingerprint density at radius 3 is 2.86 bits per heavy atom. The van der Waals surface area contributed by atoms with Gasteiger partial charge in [-0.15, -0.1) is 11.3 Å². The van der Waals surface area contributed by atoms with Crippen molar-refractivity contribution < 1.29 is 14.3 Å². The molecule has 0 aliphatic heterocycles. The van der Waals surface area contributed by atoms with E-state index in [1.165, 1.54) is 17.4 Å². The molecule has 2 aromatic carbocycles. The molecule has 0 atom stereocenters. The number of anilines is 1. The zero-order valence-electron chi connectivity index (χ0n) is 15.3. The first kappa shape index (κ1) is 17.9. The van der Waals surface area contributed by atoms with Crippen molar-refractivity contribution in [3.05, 3.63) is 76.3 Å². The van der Waals surface area contributed by atoms with Crippen molar-refractivity contribution in [1.82, 2.24) is 4.98 Å². The van der Waals surface area contributed by atoms with Gasteiger partial charge >= 0.3 is 0 Å². The number of rotatable bonds is 3. The molecule has 2 N–H and O–H groups in total. The molecule has 0 spiro atoms. The first-order valence-electron chi connectivity index (χ1n) is 8.60. The highest BCUT2D eigenvalue weighted by Gasteiger charge is 2.15. The number of thiazole rings is 1. The van der Waals surface area contributed by atoms with E-state index in [1.54, 1.807) is 29.8 Å². The summed E-state index contributed by atoms with van der Waals surface area (Å²) in [6, 6.07) is 12.2. The van der Waals surface area contributed by atoms with E-state index in [4.69, 9.17) is 4.42 Å². The number of hydrogen-bond donors (Lipinski definition) is 2. The molecule has 0 fully saturated rings. The number of aromatic nitrogens is 1. The van der Waals surface area contributed by atoms with Gasteiger partial charge in [0.05, 0.1) is 5.69 Å². The molecule has 6 nitrogen and oxygen atoms in total. The van der Waals surface area contributed by atoms with E-state index in [2.05, 4.69) is 15.3 Å². The Hall–Kier alpha value is -3.45. The zero-order valence-corrected chi connectivity index (χ0v) is 16.1. The summed E-state index contributed by atoms with van der Waals surface area (Å²) in [6.45, 7) is 3.97. The topological polar surface area (TPSA) is 87.7 Å². The summed E-state index contributed by atoms with van der Waals surface area (Å²) in [5, 5.41) is 15.5. The third-order valence-corrected chi connectivity index (χ3v) is 5.12. The van der Waals surface area contributed by atoms with Crippen molar-refractivity contribution in [2.24, 2.45) is 4.99 Å². The minimum absolute atomic E-state index is 0.0777. The van der Waals surface area contributed by atoms with Crippen LogP contribution in [0.4, 0.5) is 10.8 Å². The average Bonchev–Trinajstić information content (AvgIpc) is 3.17. The summed E-state index contributed by atoms with van der Waals surface area (Å²) in [5.74, 6) is -0.286. The molecule has 140 valence electrons. The molecule has 0 bridgehead atoms. The molecule has 0 aliphatic rings. The molecule has 1 amide bonds. The monoisotopic (exact) mass is 391 g/mol. The molecular formula is C21H17N3O3S. The molecule has 28 heavy (non-hydrogen) atoms. The number of hydrogen-bond acceptors (Lipinski definition) is 6. The van der Waals surface area contributed by atoms with Crippen LogP contribution >= 0.6 is 11.3 Å². The van der Waals surface area contributed by atoms with Crippen LogP contribution in [0.1, 0.15) is 21.5 Å². The minimum Gasteiger partial charge on any atom is -0.508 e. The maximum atomic E-state index is 12.9. The van der Waals surface area contributed by atoms with Crippen LogP contribution in [-0.2, 0) is 0 Å². The molecule has 2 heterocycles. The van der Waals surface area contributed by atoms with E-state index < -0.39 is 0 Å². The van der Waals surface area contributed by atoms with E-state index in [-0.39, 0.29) is 22.8 Å². The fourth-order valence-electron chi connectivity index (χ4n) is 2.77. The highest BCUT2D eigenvalue weighted by molar-refractivity contribution is 7.13. The highest BCUT2D eigenvalue weighted by Crippen LogP contribution is 2.23. The van der Waals surface area contributed by atoms with Crippen LogP contribution in [0.3, 0.4) is 0 Å². The second kappa shape index (κ2) is 7.28. The number of phenols is 1. The highest BCUT2D eigenvalue weighted by atomic mass is 32.1. The van der Waals surface area contributed by atoms with Crippen molar-refractivity contribution >= 4 is 39.0 Å². The van der Waals surface area contributed by atoms with Crippen LogP contribution in [0.15, 0.2) is 63.5 Å². The van der Waals surface area contributed by atoms with E-state index in [0.717, 1.165) is 11.1 Å². The first-order chi connectivity index (χ1) is 13.5. The number of fused-ring (bicyclic) bond motifs is 1. The summed E-state index contributed by atoms with van der Waals surface area (Å²) in [4.78, 5) is 21.6. The third-order valence-electron chi connectivity index (χ3n) is 4.43. The van der Waals surface area contributed by atoms with E-state index in [1.807, 2.05) is 32.0 Å². The lowest BCUT2D eigenvalue weighted by molar-refractivity contribution is 0.102. The molecular weight excluding hydrogens is 374 g/mol. The van der Waals surface area contributed by atoms with Crippen LogP contribution in [0.2, 0.25) is 0 Å². The molecule has 4 rings (SSSR count). The second-order valence-corrected chi connectivity index (χ2v) is 7.20. The number of phenolic OH excluding ortho intramolecular Hbond substituents is 1. The lowest BCUT2D eigenvalue weighted by atomic mass is 10.1. The molecule has 0 saturated heterocycles. The molecule has 7 heteroatoms. The Labute approximate surface area is 164 Å². The second-order valence-electron chi connectivity index (χ2n) is 6.31. The lowest BCUT2D eigenvalue weighted by Gasteiger charge is -2.07. The number of carbonyl (C=O) groups is 1. The predicted octanol–water partition coefficient (Wildman–Crippen LogP) is 4.70. The number of nitrogens with zero attached hydrogens (tertiary/aromatic N) is 2. The van der Waals surface area contributed by atoms with Gasteiger partial charge < -0.3 is 9.52 Å². The number of aryl methyl sites for hydroxylation is 1. The maximum Gasteiger partial charge on any atom is 0.262 e. The number of carbonyl (C=O) groups excluding carboxylic acids is 1. The largest absolute Gasteiger partial charge is 0.508 e. The average molecular weight is 391 g/mol. The van der Waals surface area contributed by atoms with Gasteiger partial charge in [0.2, 0.25) is 5.55 Å². The van der Waals surface area contributed by atoms with E-state index in [9.17, 15) is 9.90 Å². The Balaban J connectivity index is 1.92. The number of amides is 1. The van der Waals surface area contributed by atoms with Crippen molar-refractivity contribution in [2.75, 3.05) is 5.32 Å². The summed E-state index contributed by atoms with van der Waals surface area (Å²) < 4.78 is 5.91. The Bertz CT molecular complexity index is 1240. The van der Waals surface area contributed by atoms with Crippen molar-refractivity contribution in [3.63, 3.8) is 0 Å². The SMILES string of the molecule is Cc1cccc(N=c2oc3cc(O)ccc3cc2C(=O)Nc2nccs2)c1C. The van der Waals surface area contributed by atoms with Crippen molar-refractivity contribution in [1.29, 1.82) is 0 Å². The quantitative estimate of drug-likeness (QED) is 0.530. The lowest BCUT2D eigenvalue weighted by Crippen LogP contribution is -2.21. The van der Waals surface area contributed by atoms with E-state index in [0.29, 0.717) is 21.8 Å². The smallest absolute Gasteiger partial charge is 0.262 e. The molecule has 0 unspecified atom stereocenters. The summed E-state index contributed by atoms with van der Waals surface area (Å²) in [5.41, 5.74) is 3.70. The normalized spacial score (nSPS) is 11.7. The van der Waals surface area contributed by atoms with Crippen LogP contribution in [0.5, 0.6) is 5.75 Å². The van der Waals surface area contributed by atoms with Crippen LogP contribution in [0.25, 0.3) is 11.0 Å². The van der Waals surface area contributed by atoms with E-state index >= 15 is 0 Å². The van der Waals surface area contributed by atoms with Gasteiger partial charge in [-0.3, -0.25) is 10.1 Å². The fourth-order valence-corrected chi connectivity index (χ4v) is 3.29. The van der Waals surface area contributed by atoms with Gasteiger partial charge in [-0.25, -0.2) is 9.98 Å². The van der Waals surface area contributed by atoms with Gasteiger partial charge in [0, 0.05) is 23.0 Å². The molecule has 2 aromatic heterocycles. The van der Waals surface area contributed by atoms with Crippen molar-refractivity contribution in [2.45, 2.75) is 13.8 Å². The van der Waals surface area contributed by atoms with Gasteiger partial charge in [0.25, 0.3) is 5.91 Å². The van der Waals surface area contributed by atoms with Gasteiger partial charge in [-0.2, -0.15) is 0 Å². The molecule has 4 aromatic rings. The standard InChI is InChI=1S/C21H17N3O3S/c1-12-4-3-5-17(13(12)2)23-20-16(19(26)24-21-22-8-9-28-21)10-14-6-7-15(25)11-18(14)27-20/h3-11,25H,1-2H3,(H,22,24,26). The van der Waals surface area contributed by atoms with Crippen LogP contribution < -0.4 is 10.9 Å². The van der Waals surface area contributed by atoms with Gasteiger partial charge in [0.15, 0.2) is 5.13 Å². The first-order valence-corrected chi connectivity index (χ1v) is 9.48. The Morgan fingerprint density at radius 2 is 2.07 bits per heavy atom. The summed E-state index contributed by atoms with van der Waals surface area (Å²) in [6.07, 6.45) is 1.62. The Morgan fingerprint density at radius 1 is 1.21 bits per heavy atom. The summed E-state index contributed by atoms with van der Waals surface area (Å²) in [7, 11) is 0.